The number of hydrogen-bond acceptors (Lipinski definition) is 4. The van der Waals surface area contributed by atoms with Crippen molar-refractivity contribution in [3.63, 3.8) is 0 Å². The number of anilines is 1. The Morgan fingerprint density at radius 3 is 2.39 bits per heavy atom. The van der Waals surface area contributed by atoms with Crippen LogP contribution in [0.3, 0.4) is 0 Å². The average molecular weight is 408 g/mol. The molecule has 1 saturated carbocycles. The lowest BCUT2D eigenvalue weighted by Gasteiger charge is -2.36. The normalized spacial score (nSPS) is 17.2. The SMILES string of the molecule is CC(=O)N1CCN(c2c(Cl)cc3c(=O)c(C(=O)O)cn(C4CC4)c3c2F)CC1. The molecule has 4 rings (SSSR count). The predicted molar refractivity (Wildman–Crippen MR) is 103 cm³/mol. The third kappa shape index (κ3) is 3.01. The van der Waals surface area contributed by atoms with Crippen LogP contribution in [-0.4, -0.2) is 52.6 Å². The second-order valence-corrected chi connectivity index (χ2v) is 7.63. The molecule has 28 heavy (non-hydrogen) atoms. The standard InChI is InChI=1S/C19H19ClFN3O4/c1-10(25)22-4-6-23(7-5-22)17-14(20)8-12-16(15(17)21)24(11-2-3-11)9-13(18(12)26)19(27)28/h8-9,11H,2-7H2,1H3,(H,27,28). The van der Waals surface area contributed by atoms with Gasteiger partial charge in [-0.1, -0.05) is 11.6 Å². The van der Waals surface area contributed by atoms with Crippen molar-refractivity contribution in [3.05, 3.63) is 38.9 Å². The Hall–Kier alpha value is -2.61. The predicted octanol–water partition coefficient (Wildman–Crippen LogP) is 2.50. The number of carboxylic acid groups (broad SMARTS) is 1. The Balaban J connectivity index is 1.87. The van der Waals surface area contributed by atoms with E-state index in [2.05, 4.69) is 0 Å². The summed E-state index contributed by atoms with van der Waals surface area (Å²) in [5, 5.41) is 9.37. The monoisotopic (exact) mass is 407 g/mol. The fourth-order valence-corrected chi connectivity index (χ4v) is 4.07. The van der Waals surface area contributed by atoms with Crippen LogP contribution >= 0.6 is 11.6 Å². The fraction of sp³-hybridized carbons (Fsp3) is 0.421. The van der Waals surface area contributed by atoms with Gasteiger partial charge in [0.1, 0.15) is 5.56 Å². The van der Waals surface area contributed by atoms with Gasteiger partial charge in [0.25, 0.3) is 0 Å². The summed E-state index contributed by atoms with van der Waals surface area (Å²) in [4.78, 5) is 39.0. The Labute approximate surface area is 164 Å². The van der Waals surface area contributed by atoms with Gasteiger partial charge in [-0.2, -0.15) is 0 Å². The molecule has 1 saturated heterocycles. The number of carbonyl (C=O) groups excluding carboxylic acids is 1. The summed E-state index contributed by atoms with van der Waals surface area (Å²) in [5.74, 6) is -2.00. The highest BCUT2D eigenvalue weighted by Gasteiger charge is 2.31. The van der Waals surface area contributed by atoms with E-state index in [4.69, 9.17) is 11.6 Å². The zero-order chi connectivity index (χ0) is 20.2. The van der Waals surface area contributed by atoms with Crippen molar-refractivity contribution < 1.29 is 19.1 Å². The largest absolute Gasteiger partial charge is 0.477 e. The van der Waals surface area contributed by atoms with Crippen molar-refractivity contribution in [2.24, 2.45) is 0 Å². The van der Waals surface area contributed by atoms with Crippen molar-refractivity contribution in [1.29, 1.82) is 0 Å². The summed E-state index contributed by atoms with van der Waals surface area (Å²) < 4.78 is 17.2. The Morgan fingerprint density at radius 2 is 1.86 bits per heavy atom. The molecule has 9 heteroatoms. The maximum atomic E-state index is 15.6. The van der Waals surface area contributed by atoms with E-state index in [-0.39, 0.29) is 33.6 Å². The quantitative estimate of drug-likeness (QED) is 0.845. The lowest BCUT2D eigenvalue weighted by atomic mass is 10.1. The molecule has 148 valence electrons. The summed E-state index contributed by atoms with van der Waals surface area (Å²) in [6.45, 7) is 3.24. The van der Waals surface area contributed by atoms with Crippen LogP contribution in [0, 0.1) is 5.82 Å². The van der Waals surface area contributed by atoms with Gasteiger partial charge in [-0.25, -0.2) is 9.18 Å². The highest BCUT2D eigenvalue weighted by atomic mass is 35.5. The number of carbonyl (C=O) groups is 2. The molecule has 1 aliphatic carbocycles. The van der Waals surface area contributed by atoms with E-state index in [0.29, 0.717) is 26.2 Å². The van der Waals surface area contributed by atoms with E-state index in [1.165, 1.54) is 19.2 Å². The highest BCUT2D eigenvalue weighted by molar-refractivity contribution is 6.34. The molecular weight excluding hydrogens is 389 g/mol. The van der Waals surface area contributed by atoms with Gasteiger partial charge in [0.2, 0.25) is 11.3 Å². The number of carboxylic acids is 1. The molecule has 1 aromatic carbocycles. The molecule has 1 N–H and O–H groups in total. The topological polar surface area (TPSA) is 82.8 Å². The van der Waals surface area contributed by atoms with E-state index >= 15 is 4.39 Å². The van der Waals surface area contributed by atoms with E-state index in [1.807, 2.05) is 0 Å². The van der Waals surface area contributed by atoms with Crippen LogP contribution in [0.25, 0.3) is 10.9 Å². The minimum absolute atomic E-state index is 0.0274. The smallest absolute Gasteiger partial charge is 0.341 e. The van der Waals surface area contributed by atoms with Crippen molar-refractivity contribution in [2.45, 2.75) is 25.8 Å². The second-order valence-electron chi connectivity index (χ2n) is 7.23. The molecule has 1 aliphatic heterocycles. The van der Waals surface area contributed by atoms with Gasteiger partial charge >= 0.3 is 5.97 Å². The number of amides is 1. The second kappa shape index (κ2) is 6.77. The number of benzene rings is 1. The zero-order valence-electron chi connectivity index (χ0n) is 15.2. The molecule has 0 bridgehead atoms. The summed E-state index contributed by atoms with van der Waals surface area (Å²) >= 11 is 6.33. The van der Waals surface area contributed by atoms with Crippen molar-refractivity contribution in [1.82, 2.24) is 9.47 Å². The molecule has 0 atom stereocenters. The minimum atomic E-state index is -1.35. The number of nitrogens with zero attached hydrogens (tertiary/aromatic N) is 3. The van der Waals surface area contributed by atoms with Crippen LogP contribution in [0.5, 0.6) is 0 Å². The van der Waals surface area contributed by atoms with Gasteiger partial charge in [-0.3, -0.25) is 9.59 Å². The molecule has 1 amide bonds. The van der Waals surface area contributed by atoms with Crippen LogP contribution in [0.15, 0.2) is 17.1 Å². The maximum Gasteiger partial charge on any atom is 0.341 e. The Kier molecular flexibility index (Phi) is 4.53. The fourth-order valence-electron chi connectivity index (χ4n) is 3.76. The van der Waals surface area contributed by atoms with Gasteiger partial charge in [0.05, 0.1) is 21.6 Å². The lowest BCUT2D eigenvalue weighted by Crippen LogP contribution is -2.48. The number of aromatic nitrogens is 1. The minimum Gasteiger partial charge on any atom is -0.477 e. The molecule has 0 spiro atoms. The molecule has 2 fully saturated rings. The van der Waals surface area contributed by atoms with Gasteiger partial charge in [0.15, 0.2) is 5.82 Å². The van der Waals surface area contributed by atoms with Crippen LogP contribution in [0.2, 0.25) is 5.02 Å². The first kappa shape index (κ1) is 18.7. The first-order valence-electron chi connectivity index (χ1n) is 9.10. The average Bonchev–Trinajstić information content (AvgIpc) is 3.47. The van der Waals surface area contributed by atoms with Crippen molar-refractivity contribution in [3.8, 4) is 0 Å². The Bertz CT molecular complexity index is 1060. The third-order valence-corrected chi connectivity index (χ3v) is 5.68. The van der Waals surface area contributed by atoms with E-state index in [9.17, 15) is 19.5 Å². The maximum absolute atomic E-state index is 15.6. The van der Waals surface area contributed by atoms with Gasteiger partial charge in [-0.15, -0.1) is 0 Å². The third-order valence-electron chi connectivity index (χ3n) is 5.40. The van der Waals surface area contributed by atoms with Crippen LogP contribution in [-0.2, 0) is 4.79 Å². The number of aromatic carboxylic acids is 1. The number of piperazine rings is 1. The van der Waals surface area contributed by atoms with Gasteiger partial charge in [-0.05, 0) is 18.9 Å². The van der Waals surface area contributed by atoms with Crippen LogP contribution < -0.4 is 10.3 Å². The summed E-state index contributed by atoms with van der Waals surface area (Å²) in [6.07, 6.45) is 2.83. The zero-order valence-corrected chi connectivity index (χ0v) is 16.0. The first-order chi connectivity index (χ1) is 13.3. The molecule has 1 aromatic heterocycles. The molecule has 2 aromatic rings. The van der Waals surface area contributed by atoms with E-state index in [0.717, 1.165) is 12.8 Å². The molecule has 0 radical (unpaired) electrons. The number of fused-ring (bicyclic) bond motifs is 1. The highest BCUT2D eigenvalue weighted by Crippen LogP contribution is 2.41. The van der Waals surface area contributed by atoms with Crippen LogP contribution in [0.4, 0.5) is 10.1 Å². The summed E-state index contributed by atoms with van der Waals surface area (Å²) in [5.41, 5.74) is -0.856. The van der Waals surface area contributed by atoms with Crippen molar-refractivity contribution in [2.75, 3.05) is 31.1 Å². The van der Waals surface area contributed by atoms with Gasteiger partial charge < -0.3 is 19.5 Å². The summed E-state index contributed by atoms with van der Waals surface area (Å²) in [7, 11) is 0. The lowest BCUT2D eigenvalue weighted by molar-refractivity contribution is -0.129. The summed E-state index contributed by atoms with van der Waals surface area (Å²) in [6, 6.07) is 1.33. The van der Waals surface area contributed by atoms with Crippen molar-refractivity contribution >= 4 is 40.1 Å². The van der Waals surface area contributed by atoms with E-state index < -0.39 is 22.8 Å². The number of rotatable bonds is 3. The van der Waals surface area contributed by atoms with Gasteiger partial charge in [0, 0.05) is 45.3 Å². The number of pyridine rings is 1. The molecule has 2 aliphatic rings. The first-order valence-corrected chi connectivity index (χ1v) is 9.48. The number of hydrogen-bond donors (Lipinski definition) is 1. The molecule has 2 heterocycles. The molecule has 0 unspecified atom stereocenters. The Morgan fingerprint density at radius 1 is 1.21 bits per heavy atom. The molecular formula is C19H19ClFN3O4. The number of halogens is 2. The molecule has 7 nitrogen and oxygen atoms in total. The van der Waals surface area contributed by atoms with E-state index in [1.54, 1.807) is 14.4 Å². The van der Waals surface area contributed by atoms with Crippen LogP contribution in [0.1, 0.15) is 36.2 Å².